The number of nitrogens with one attached hydrogen (secondary N) is 1. The van der Waals surface area contributed by atoms with Crippen LogP contribution in [0, 0.1) is 0 Å². The van der Waals surface area contributed by atoms with Crippen molar-refractivity contribution in [2.24, 2.45) is 0 Å². The van der Waals surface area contributed by atoms with Crippen molar-refractivity contribution >= 4 is 5.91 Å². The van der Waals surface area contributed by atoms with Crippen LogP contribution in [0.1, 0.15) is 36.7 Å². The smallest absolute Gasteiger partial charge is 0.251 e. The number of aromatic nitrogens is 2. The summed E-state index contributed by atoms with van der Waals surface area (Å²) in [6.07, 6.45) is 3.63. The highest BCUT2D eigenvalue weighted by molar-refractivity contribution is 5.94. The minimum Gasteiger partial charge on any atom is -0.348 e. The summed E-state index contributed by atoms with van der Waals surface area (Å²) in [5.74, 6) is -0.0426. The zero-order valence-electron chi connectivity index (χ0n) is 14.2. The number of benzene rings is 1. The first kappa shape index (κ1) is 17.2. The fraction of sp³-hybridized carbons (Fsp3) is 0.444. The summed E-state index contributed by atoms with van der Waals surface area (Å²) in [6, 6.07) is 9.77. The number of rotatable bonds is 8. The Morgan fingerprint density at radius 3 is 2.52 bits per heavy atom. The molecule has 5 heteroatoms. The third-order valence-corrected chi connectivity index (χ3v) is 3.91. The van der Waals surface area contributed by atoms with E-state index in [1.54, 1.807) is 6.20 Å². The average molecular weight is 314 g/mol. The molecule has 23 heavy (non-hydrogen) atoms. The van der Waals surface area contributed by atoms with Crippen LogP contribution in [0.3, 0.4) is 0 Å². The van der Waals surface area contributed by atoms with Crippen molar-refractivity contribution in [1.29, 1.82) is 0 Å². The van der Waals surface area contributed by atoms with Crippen LogP contribution in [0.4, 0.5) is 0 Å². The van der Waals surface area contributed by atoms with Crippen LogP contribution in [0.15, 0.2) is 42.7 Å². The van der Waals surface area contributed by atoms with E-state index in [1.165, 1.54) is 5.56 Å². The summed E-state index contributed by atoms with van der Waals surface area (Å²) in [6.45, 7) is 9.95. The summed E-state index contributed by atoms with van der Waals surface area (Å²) in [4.78, 5) is 14.6. The average Bonchev–Trinajstić information content (AvgIpc) is 3.05. The number of carbonyl (C=O) groups excluding carboxylic acids is 1. The lowest BCUT2D eigenvalue weighted by atomic mass is 10.1. The van der Waals surface area contributed by atoms with Gasteiger partial charge in [-0.05, 0) is 43.8 Å². The van der Waals surface area contributed by atoms with Crippen LogP contribution in [0.25, 0.3) is 0 Å². The number of carbonyl (C=O) groups is 1. The van der Waals surface area contributed by atoms with Gasteiger partial charge in [0.15, 0.2) is 0 Å². The van der Waals surface area contributed by atoms with Crippen molar-refractivity contribution in [3.05, 3.63) is 53.9 Å². The molecule has 2 rings (SSSR count). The molecule has 1 aromatic heterocycles. The van der Waals surface area contributed by atoms with Gasteiger partial charge in [-0.3, -0.25) is 14.4 Å². The quantitative estimate of drug-likeness (QED) is 0.814. The van der Waals surface area contributed by atoms with Crippen LogP contribution >= 0.6 is 0 Å². The van der Waals surface area contributed by atoms with Gasteiger partial charge in [0, 0.05) is 30.5 Å². The molecular weight excluding hydrogens is 288 g/mol. The highest BCUT2D eigenvalue weighted by atomic mass is 16.1. The second kappa shape index (κ2) is 8.48. The monoisotopic (exact) mass is 314 g/mol. The maximum Gasteiger partial charge on any atom is 0.251 e. The topological polar surface area (TPSA) is 50.2 Å². The second-order valence-corrected chi connectivity index (χ2v) is 5.76. The summed E-state index contributed by atoms with van der Waals surface area (Å²) < 4.78 is 1.82. The molecule has 0 aliphatic heterocycles. The van der Waals surface area contributed by atoms with E-state index in [1.807, 2.05) is 48.1 Å². The minimum absolute atomic E-state index is 0.0257. The van der Waals surface area contributed by atoms with Crippen LogP contribution < -0.4 is 5.32 Å². The van der Waals surface area contributed by atoms with Crippen molar-refractivity contribution in [2.75, 3.05) is 13.1 Å². The predicted octanol–water partition coefficient (Wildman–Crippen LogP) is 2.54. The van der Waals surface area contributed by atoms with Crippen molar-refractivity contribution in [1.82, 2.24) is 20.0 Å². The zero-order valence-corrected chi connectivity index (χ0v) is 14.2. The van der Waals surface area contributed by atoms with Gasteiger partial charge in [-0.25, -0.2) is 0 Å². The van der Waals surface area contributed by atoms with Crippen molar-refractivity contribution in [3.8, 4) is 0 Å². The van der Waals surface area contributed by atoms with Crippen LogP contribution in [-0.2, 0) is 13.1 Å². The van der Waals surface area contributed by atoms with E-state index in [0.717, 1.165) is 19.6 Å². The molecule has 1 atom stereocenters. The zero-order chi connectivity index (χ0) is 16.7. The maximum atomic E-state index is 12.3. The molecule has 2 aromatic rings. The van der Waals surface area contributed by atoms with Gasteiger partial charge in [-0.1, -0.05) is 26.0 Å². The SMILES string of the molecule is CCN(CC)Cc1ccc(C(=O)NC(C)Cn2cccn2)cc1. The first-order valence-corrected chi connectivity index (χ1v) is 8.22. The lowest BCUT2D eigenvalue weighted by Crippen LogP contribution is -2.35. The molecule has 1 unspecified atom stereocenters. The largest absolute Gasteiger partial charge is 0.348 e. The van der Waals surface area contributed by atoms with Gasteiger partial charge in [0.1, 0.15) is 0 Å². The molecule has 0 aliphatic rings. The molecule has 1 N–H and O–H groups in total. The molecule has 1 amide bonds. The van der Waals surface area contributed by atoms with E-state index >= 15 is 0 Å². The van der Waals surface area contributed by atoms with Crippen LogP contribution in [-0.4, -0.2) is 39.7 Å². The first-order chi connectivity index (χ1) is 11.1. The van der Waals surface area contributed by atoms with E-state index in [9.17, 15) is 4.79 Å². The number of nitrogens with zero attached hydrogens (tertiary/aromatic N) is 3. The predicted molar refractivity (Wildman–Crippen MR) is 92.2 cm³/mol. The van der Waals surface area contributed by atoms with E-state index in [-0.39, 0.29) is 11.9 Å². The van der Waals surface area contributed by atoms with Crippen molar-refractivity contribution < 1.29 is 4.79 Å². The number of hydrogen-bond donors (Lipinski definition) is 1. The third kappa shape index (κ3) is 5.21. The fourth-order valence-corrected chi connectivity index (χ4v) is 2.51. The molecule has 1 heterocycles. The summed E-state index contributed by atoms with van der Waals surface area (Å²) in [5.41, 5.74) is 1.93. The highest BCUT2D eigenvalue weighted by Crippen LogP contribution is 2.08. The Morgan fingerprint density at radius 2 is 1.96 bits per heavy atom. The molecule has 0 saturated carbocycles. The third-order valence-electron chi connectivity index (χ3n) is 3.91. The molecule has 0 saturated heterocycles. The van der Waals surface area contributed by atoms with Crippen molar-refractivity contribution in [2.45, 2.75) is 39.9 Å². The van der Waals surface area contributed by atoms with Gasteiger partial charge in [0.05, 0.1) is 6.54 Å². The van der Waals surface area contributed by atoms with Gasteiger partial charge >= 0.3 is 0 Å². The summed E-state index contributed by atoms with van der Waals surface area (Å²) in [7, 11) is 0. The molecule has 0 radical (unpaired) electrons. The van der Waals surface area contributed by atoms with E-state index in [0.29, 0.717) is 12.1 Å². The Morgan fingerprint density at radius 1 is 1.26 bits per heavy atom. The Kier molecular flexibility index (Phi) is 6.35. The maximum absolute atomic E-state index is 12.3. The first-order valence-electron chi connectivity index (χ1n) is 8.22. The normalized spacial score (nSPS) is 12.3. The Balaban J connectivity index is 1.89. The molecule has 0 bridgehead atoms. The molecule has 0 spiro atoms. The standard InChI is InChI=1S/C18H26N4O/c1-4-21(5-2)14-16-7-9-17(10-8-16)18(23)20-15(3)13-22-12-6-11-19-22/h6-12,15H,4-5,13-14H2,1-3H3,(H,20,23). The molecule has 0 aliphatic carbocycles. The minimum atomic E-state index is -0.0426. The van der Waals surface area contributed by atoms with E-state index in [4.69, 9.17) is 0 Å². The molecule has 1 aromatic carbocycles. The van der Waals surface area contributed by atoms with E-state index in [2.05, 4.69) is 29.2 Å². The van der Waals surface area contributed by atoms with Gasteiger partial charge < -0.3 is 5.32 Å². The van der Waals surface area contributed by atoms with Crippen molar-refractivity contribution in [3.63, 3.8) is 0 Å². The van der Waals surface area contributed by atoms with Crippen LogP contribution in [0.5, 0.6) is 0 Å². The Hall–Kier alpha value is -2.14. The highest BCUT2D eigenvalue weighted by Gasteiger charge is 2.10. The second-order valence-electron chi connectivity index (χ2n) is 5.76. The van der Waals surface area contributed by atoms with Gasteiger partial charge in [0.25, 0.3) is 5.91 Å². The Labute approximate surface area is 138 Å². The van der Waals surface area contributed by atoms with Crippen LogP contribution in [0.2, 0.25) is 0 Å². The molecular formula is C18H26N4O. The lowest BCUT2D eigenvalue weighted by Gasteiger charge is -2.18. The lowest BCUT2D eigenvalue weighted by molar-refractivity contribution is 0.0936. The number of hydrogen-bond acceptors (Lipinski definition) is 3. The number of amides is 1. The molecule has 5 nitrogen and oxygen atoms in total. The summed E-state index contributed by atoms with van der Waals surface area (Å²) in [5, 5.41) is 7.16. The van der Waals surface area contributed by atoms with Gasteiger partial charge in [0.2, 0.25) is 0 Å². The molecule has 124 valence electrons. The summed E-state index contributed by atoms with van der Waals surface area (Å²) >= 11 is 0. The van der Waals surface area contributed by atoms with E-state index < -0.39 is 0 Å². The van der Waals surface area contributed by atoms with Gasteiger partial charge in [-0.15, -0.1) is 0 Å². The molecule has 0 fully saturated rings. The fourth-order valence-electron chi connectivity index (χ4n) is 2.51. The van der Waals surface area contributed by atoms with Gasteiger partial charge in [-0.2, -0.15) is 5.10 Å². The Bertz CT molecular complexity index is 588.